The highest BCUT2D eigenvalue weighted by molar-refractivity contribution is 9.10. The molecule has 2 atom stereocenters. The van der Waals surface area contributed by atoms with Crippen LogP contribution in [0.4, 0.5) is 0 Å². The summed E-state index contributed by atoms with van der Waals surface area (Å²) in [5.74, 6) is 0.315. The van der Waals surface area contributed by atoms with Gasteiger partial charge in [-0.3, -0.25) is 4.79 Å². The largest absolute Gasteiger partial charge is 0.341 e. The Morgan fingerprint density at radius 3 is 2.84 bits per heavy atom. The Labute approximate surface area is 123 Å². The number of carbonyl (C=O) groups excluding carboxylic acids is 1. The van der Waals surface area contributed by atoms with E-state index in [2.05, 4.69) is 28.9 Å². The Hall–Kier alpha value is -0.870. The highest BCUT2D eigenvalue weighted by atomic mass is 79.9. The lowest BCUT2D eigenvalue weighted by atomic mass is 9.95. The van der Waals surface area contributed by atoms with Gasteiger partial charge < -0.3 is 10.6 Å². The lowest BCUT2D eigenvalue weighted by Crippen LogP contribution is -2.37. The Bertz CT molecular complexity index is 450. The molecule has 1 saturated heterocycles. The Kier molecular flexibility index (Phi) is 4.99. The van der Waals surface area contributed by atoms with Gasteiger partial charge in [-0.15, -0.1) is 0 Å². The molecule has 1 aromatic rings. The minimum atomic E-state index is 0.0593. The van der Waals surface area contributed by atoms with Gasteiger partial charge in [0, 0.05) is 29.5 Å². The summed E-state index contributed by atoms with van der Waals surface area (Å²) in [7, 11) is 0. The lowest BCUT2D eigenvalue weighted by Gasteiger charge is -2.23. The summed E-state index contributed by atoms with van der Waals surface area (Å²) in [4.78, 5) is 14.4. The molecule has 1 aliphatic rings. The lowest BCUT2D eigenvalue weighted by molar-refractivity contribution is -0.134. The first kappa shape index (κ1) is 14.5. The van der Waals surface area contributed by atoms with Crippen molar-refractivity contribution in [1.29, 1.82) is 0 Å². The van der Waals surface area contributed by atoms with Crippen LogP contribution in [0.3, 0.4) is 0 Å². The molecule has 1 aliphatic heterocycles. The Balaban J connectivity index is 2.04. The predicted octanol–water partition coefficient (Wildman–Crippen LogP) is 2.58. The van der Waals surface area contributed by atoms with Gasteiger partial charge in [-0.05, 0) is 30.9 Å². The van der Waals surface area contributed by atoms with Gasteiger partial charge in [0.2, 0.25) is 5.91 Å². The molecule has 0 bridgehead atoms. The second kappa shape index (κ2) is 6.53. The molecule has 19 heavy (non-hydrogen) atoms. The predicted molar refractivity (Wildman–Crippen MR) is 80.8 cm³/mol. The topological polar surface area (TPSA) is 46.3 Å². The molecule has 1 heterocycles. The van der Waals surface area contributed by atoms with E-state index in [1.54, 1.807) is 0 Å². The van der Waals surface area contributed by atoms with Crippen LogP contribution in [0.15, 0.2) is 28.7 Å². The van der Waals surface area contributed by atoms with Crippen molar-refractivity contribution in [2.45, 2.75) is 32.2 Å². The van der Waals surface area contributed by atoms with Crippen molar-refractivity contribution in [1.82, 2.24) is 4.90 Å². The molecule has 2 rings (SSSR count). The molecule has 1 amide bonds. The first-order valence-electron chi connectivity index (χ1n) is 6.89. The van der Waals surface area contributed by atoms with Gasteiger partial charge in [0.1, 0.15) is 0 Å². The highest BCUT2D eigenvalue weighted by Crippen LogP contribution is 2.23. The van der Waals surface area contributed by atoms with E-state index in [1.165, 1.54) is 5.56 Å². The van der Waals surface area contributed by atoms with Gasteiger partial charge in [-0.1, -0.05) is 41.1 Å². The third-order valence-electron chi connectivity index (χ3n) is 3.80. The number of rotatable bonds is 4. The zero-order valence-corrected chi connectivity index (χ0v) is 12.9. The van der Waals surface area contributed by atoms with Crippen molar-refractivity contribution in [2.75, 3.05) is 13.1 Å². The minimum absolute atomic E-state index is 0.0593. The molecular formula is C15H21BrN2O. The van der Waals surface area contributed by atoms with E-state index in [1.807, 2.05) is 23.1 Å². The van der Waals surface area contributed by atoms with Crippen LogP contribution in [-0.4, -0.2) is 29.9 Å². The minimum Gasteiger partial charge on any atom is -0.341 e. The second-order valence-corrected chi connectivity index (χ2v) is 6.09. The third-order valence-corrected chi connectivity index (χ3v) is 4.58. The average molecular weight is 325 g/mol. The fraction of sp³-hybridized carbons (Fsp3) is 0.533. The molecule has 0 unspecified atom stereocenters. The van der Waals surface area contributed by atoms with E-state index in [4.69, 9.17) is 5.73 Å². The van der Waals surface area contributed by atoms with Crippen LogP contribution in [0.25, 0.3) is 0 Å². The number of nitrogens with zero attached hydrogens (tertiary/aromatic N) is 1. The summed E-state index contributed by atoms with van der Waals surface area (Å²) in [6, 6.07) is 8.28. The molecule has 1 fully saturated rings. The van der Waals surface area contributed by atoms with Crippen molar-refractivity contribution >= 4 is 21.8 Å². The number of benzene rings is 1. The summed E-state index contributed by atoms with van der Waals surface area (Å²) in [5.41, 5.74) is 7.08. The van der Waals surface area contributed by atoms with Crippen LogP contribution >= 0.6 is 15.9 Å². The number of carbonyl (C=O) groups is 1. The van der Waals surface area contributed by atoms with Crippen LogP contribution < -0.4 is 5.73 Å². The number of hydrogen-bond donors (Lipinski definition) is 1. The number of likely N-dealkylation sites (tertiary alicyclic amines) is 1. The molecule has 0 aromatic heterocycles. The van der Waals surface area contributed by atoms with Crippen molar-refractivity contribution in [2.24, 2.45) is 11.7 Å². The molecule has 4 heteroatoms. The van der Waals surface area contributed by atoms with Gasteiger partial charge in [0.15, 0.2) is 0 Å². The van der Waals surface area contributed by atoms with Crippen molar-refractivity contribution in [3.8, 4) is 0 Å². The fourth-order valence-corrected chi connectivity index (χ4v) is 3.03. The maximum atomic E-state index is 12.5. The average Bonchev–Trinajstić information content (AvgIpc) is 2.84. The second-order valence-electron chi connectivity index (χ2n) is 5.23. The summed E-state index contributed by atoms with van der Waals surface area (Å²) < 4.78 is 1.08. The molecule has 0 spiro atoms. The van der Waals surface area contributed by atoms with Crippen molar-refractivity contribution in [3.63, 3.8) is 0 Å². The Morgan fingerprint density at radius 1 is 1.53 bits per heavy atom. The van der Waals surface area contributed by atoms with E-state index >= 15 is 0 Å². The van der Waals surface area contributed by atoms with Crippen LogP contribution in [0.2, 0.25) is 0 Å². The molecule has 0 saturated carbocycles. The summed E-state index contributed by atoms with van der Waals surface area (Å²) in [6.07, 6.45) is 2.59. The maximum absolute atomic E-state index is 12.5. The van der Waals surface area contributed by atoms with Crippen LogP contribution in [0, 0.1) is 5.92 Å². The fourth-order valence-electron chi connectivity index (χ4n) is 2.58. The Morgan fingerprint density at radius 2 is 2.26 bits per heavy atom. The van der Waals surface area contributed by atoms with E-state index in [9.17, 15) is 4.79 Å². The number of amides is 1. The smallest absolute Gasteiger partial charge is 0.226 e. The van der Waals surface area contributed by atoms with Gasteiger partial charge in [-0.25, -0.2) is 0 Å². The molecular weight excluding hydrogens is 304 g/mol. The van der Waals surface area contributed by atoms with E-state index in [0.29, 0.717) is 6.54 Å². The zero-order valence-electron chi connectivity index (χ0n) is 11.3. The quantitative estimate of drug-likeness (QED) is 0.925. The third kappa shape index (κ3) is 3.57. The molecule has 3 nitrogen and oxygen atoms in total. The van der Waals surface area contributed by atoms with Crippen LogP contribution in [0.1, 0.15) is 25.3 Å². The monoisotopic (exact) mass is 324 g/mol. The van der Waals surface area contributed by atoms with Gasteiger partial charge in [0.25, 0.3) is 0 Å². The molecule has 104 valence electrons. The maximum Gasteiger partial charge on any atom is 0.226 e. The van der Waals surface area contributed by atoms with E-state index in [0.717, 1.165) is 30.3 Å². The normalized spacial score (nSPS) is 20.6. The summed E-state index contributed by atoms with van der Waals surface area (Å²) in [6.45, 7) is 3.60. The first-order chi connectivity index (χ1) is 9.11. The first-order valence-corrected chi connectivity index (χ1v) is 7.69. The molecule has 1 aromatic carbocycles. The molecule has 2 N–H and O–H groups in total. The van der Waals surface area contributed by atoms with E-state index in [-0.39, 0.29) is 17.9 Å². The SMILES string of the molecule is CC[C@H](Cc1ccccc1Br)C(=O)N1CC[C@@H](N)C1. The van der Waals surface area contributed by atoms with Gasteiger partial charge in [-0.2, -0.15) is 0 Å². The standard InChI is InChI=1S/C15H21BrN2O/c1-2-11(9-12-5-3-4-6-14(12)16)15(19)18-8-7-13(17)10-18/h3-6,11,13H,2,7-10,17H2,1H3/t11-,13-/m1/s1. The van der Waals surface area contributed by atoms with Crippen molar-refractivity contribution in [3.05, 3.63) is 34.3 Å². The van der Waals surface area contributed by atoms with Gasteiger partial charge in [0.05, 0.1) is 0 Å². The summed E-state index contributed by atoms with van der Waals surface area (Å²) >= 11 is 3.55. The number of nitrogens with two attached hydrogens (primary N) is 1. The van der Waals surface area contributed by atoms with Crippen LogP contribution in [0.5, 0.6) is 0 Å². The van der Waals surface area contributed by atoms with Crippen LogP contribution in [-0.2, 0) is 11.2 Å². The molecule has 0 radical (unpaired) electrons. The molecule has 0 aliphatic carbocycles. The summed E-state index contributed by atoms with van der Waals surface area (Å²) in [5, 5.41) is 0. The number of hydrogen-bond acceptors (Lipinski definition) is 2. The van der Waals surface area contributed by atoms with E-state index < -0.39 is 0 Å². The zero-order chi connectivity index (χ0) is 13.8. The van der Waals surface area contributed by atoms with Gasteiger partial charge >= 0.3 is 0 Å². The van der Waals surface area contributed by atoms with Crippen molar-refractivity contribution < 1.29 is 4.79 Å². The number of halogens is 1. The highest BCUT2D eigenvalue weighted by Gasteiger charge is 2.28.